The molecule has 33 heavy (non-hydrogen) atoms. The van der Waals surface area contributed by atoms with Crippen molar-refractivity contribution in [3.8, 4) is 0 Å². The Hall–Kier alpha value is -3.21. The van der Waals surface area contributed by atoms with E-state index < -0.39 is 17.5 Å². The Morgan fingerprint density at radius 1 is 0.909 bits per heavy atom. The maximum absolute atomic E-state index is 14.5. The van der Waals surface area contributed by atoms with E-state index in [2.05, 4.69) is 46.1 Å². The minimum Gasteiger partial charge on any atom is -0.509 e. The Balaban J connectivity index is 0. The van der Waals surface area contributed by atoms with Crippen LogP contribution >= 0.6 is 0 Å². The molecule has 0 aliphatic rings. The van der Waals surface area contributed by atoms with Crippen molar-refractivity contribution in [3.05, 3.63) is 122 Å². The average molecular weight is 463 g/mol. The third kappa shape index (κ3) is 12.4. The summed E-state index contributed by atoms with van der Waals surface area (Å²) in [5, 5.41) is 9.04. The smallest absolute Gasteiger partial charge is 0.166 e. The number of halogens is 3. The first-order valence-corrected chi connectivity index (χ1v) is 10.3. The van der Waals surface area contributed by atoms with Crippen LogP contribution in [0.1, 0.15) is 33.6 Å². The molecule has 0 aromatic heterocycles. The van der Waals surface area contributed by atoms with E-state index in [4.69, 9.17) is 9.84 Å². The van der Waals surface area contributed by atoms with E-state index in [1.165, 1.54) is 25.3 Å². The van der Waals surface area contributed by atoms with E-state index in [9.17, 15) is 13.2 Å². The van der Waals surface area contributed by atoms with Crippen LogP contribution in [0.25, 0.3) is 0 Å². The summed E-state index contributed by atoms with van der Waals surface area (Å²) in [6.07, 6.45) is 6.52. The molecule has 0 saturated heterocycles. The molecule has 182 valence electrons. The van der Waals surface area contributed by atoms with Gasteiger partial charge in [0.05, 0.1) is 7.11 Å². The second-order valence-electron chi connectivity index (χ2n) is 7.46. The van der Waals surface area contributed by atoms with Crippen molar-refractivity contribution in [2.24, 2.45) is 11.8 Å². The first kappa shape index (κ1) is 32.0. The van der Waals surface area contributed by atoms with Crippen LogP contribution in [-0.2, 0) is 4.74 Å². The number of methoxy groups -OCH3 is 1. The summed E-state index contributed by atoms with van der Waals surface area (Å²) >= 11 is 0. The fourth-order valence-electron chi connectivity index (χ4n) is 2.27. The molecule has 0 aromatic rings. The molecule has 0 aliphatic carbocycles. The molecule has 0 saturated carbocycles. The van der Waals surface area contributed by atoms with Crippen LogP contribution in [0, 0.1) is 11.8 Å². The summed E-state index contributed by atoms with van der Waals surface area (Å²) < 4.78 is 47.5. The predicted octanol–water partition coefficient (Wildman–Crippen LogP) is 9.25. The van der Waals surface area contributed by atoms with Crippen LogP contribution in [0.3, 0.4) is 0 Å². The molecule has 0 spiro atoms. The summed E-state index contributed by atoms with van der Waals surface area (Å²) in [6, 6.07) is 0. The second-order valence-corrected chi connectivity index (χ2v) is 7.46. The van der Waals surface area contributed by atoms with Crippen molar-refractivity contribution in [2.75, 3.05) is 7.11 Å². The molecule has 0 aromatic carbocycles. The van der Waals surface area contributed by atoms with Crippen molar-refractivity contribution in [2.45, 2.75) is 33.6 Å². The molecule has 0 fully saturated rings. The minimum absolute atomic E-state index is 0.00991. The largest absolute Gasteiger partial charge is 0.509 e. The van der Waals surface area contributed by atoms with E-state index in [1.807, 2.05) is 13.8 Å². The van der Waals surface area contributed by atoms with Crippen molar-refractivity contribution < 1.29 is 23.0 Å². The van der Waals surface area contributed by atoms with E-state index in [1.54, 1.807) is 13.0 Å². The van der Waals surface area contributed by atoms with E-state index in [0.717, 1.165) is 0 Å². The van der Waals surface area contributed by atoms with Crippen LogP contribution in [0.15, 0.2) is 122 Å². The van der Waals surface area contributed by atoms with E-state index >= 15 is 0 Å². The molecule has 0 bridgehead atoms. The standard InChI is InChI=1S/C25H31F3O2.C3H6/c1-15(18(4)14-23(26)22(8)30-9)10-11-16(2)20(6)24(27)25(28)21(7)17(3)12-13-19(5)29;1-3-2/h12-16,29H,3-8,10-11H2,1-2,9H3;3H,1H2,2H3/b13-12-,23-14+,25-24-;. The molecule has 0 aliphatic heterocycles. The van der Waals surface area contributed by atoms with Gasteiger partial charge in [-0.05, 0) is 60.5 Å². The van der Waals surface area contributed by atoms with Gasteiger partial charge in [0, 0.05) is 5.57 Å². The number of hydrogen-bond acceptors (Lipinski definition) is 2. The average Bonchev–Trinajstić information content (AvgIpc) is 2.78. The molecule has 2 unspecified atom stereocenters. The van der Waals surface area contributed by atoms with Gasteiger partial charge in [0.2, 0.25) is 0 Å². The van der Waals surface area contributed by atoms with Gasteiger partial charge < -0.3 is 9.84 Å². The maximum atomic E-state index is 14.5. The summed E-state index contributed by atoms with van der Waals surface area (Å²) in [5.74, 6) is -3.68. The molecular formula is C28H37F3O2. The summed E-state index contributed by atoms with van der Waals surface area (Å²) in [4.78, 5) is 0. The van der Waals surface area contributed by atoms with Crippen LogP contribution in [0.5, 0.6) is 0 Å². The highest BCUT2D eigenvalue weighted by Crippen LogP contribution is 2.32. The molecule has 0 radical (unpaired) electrons. The highest BCUT2D eigenvalue weighted by atomic mass is 19.2. The van der Waals surface area contributed by atoms with Gasteiger partial charge in [0.1, 0.15) is 11.5 Å². The lowest BCUT2D eigenvalue weighted by Gasteiger charge is -2.18. The molecule has 2 nitrogen and oxygen atoms in total. The fraction of sp³-hybridized carbons (Fsp3) is 0.286. The van der Waals surface area contributed by atoms with Crippen molar-refractivity contribution >= 4 is 0 Å². The van der Waals surface area contributed by atoms with Crippen molar-refractivity contribution in [1.82, 2.24) is 0 Å². The first-order valence-electron chi connectivity index (χ1n) is 10.3. The Labute approximate surface area is 197 Å². The third-order valence-electron chi connectivity index (χ3n) is 4.69. The van der Waals surface area contributed by atoms with Gasteiger partial charge >= 0.3 is 0 Å². The van der Waals surface area contributed by atoms with Gasteiger partial charge in [0.25, 0.3) is 0 Å². The maximum Gasteiger partial charge on any atom is 0.166 e. The molecule has 0 amide bonds. The number of rotatable bonds is 13. The lowest BCUT2D eigenvalue weighted by molar-refractivity contribution is 0.285. The number of aliphatic hydroxyl groups excluding tert-OH is 1. The lowest BCUT2D eigenvalue weighted by atomic mass is 9.88. The van der Waals surface area contributed by atoms with Gasteiger partial charge in [-0.25, -0.2) is 13.2 Å². The summed E-state index contributed by atoms with van der Waals surface area (Å²) in [6.45, 7) is 30.1. The lowest BCUT2D eigenvalue weighted by Crippen LogP contribution is -2.05. The predicted molar refractivity (Wildman–Crippen MR) is 135 cm³/mol. The third-order valence-corrected chi connectivity index (χ3v) is 4.69. The minimum atomic E-state index is -1.16. The number of hydrogen-bond donors (Lipinski definition) is 1. The number of ether oxygens (including phenoxy) is 1. The highest BCUT2D eigenvalue weighted by molar-refractivity contribution is 5.50. The molecule has 1 N–H and O–H groups in total. The van der Waals surface area contributed by atoms with Gasteiger partial charge in [-0.15, -0.1) is 6.58 Å². The second kappa shape index (κ2) is 16.4. The van der Waals surface area contributed by atoms with Crippen molar-refractivity contribution in [1.29, 1.82) is 0 Å². The van der Waals surface area contributed by atoms with E-state index in [-0.39, 0.29) is 40.1 Å². The van der Waals surface area contributed by atoms with Crippen LogP contribution in [0.4, 0.5) is 13.2 Å². The normalized spacial score (nSPS) is 13.6. The highest BCUT2D eigenvalue weighted by Gasteiger charge is 2.20. The topological polar surface area (TPSA) is 29.5 Å². The molecule has 0 heterocycles. The van der Waals surface area contributed by atoms with E-state index in [0.29, 0.717) is 18.4 Å². The molecule has 2 atom stereocenters. The number of aliphatic hydroxyl groups is 1. The quantitative estimate of drug-likeness (QED) is 0.168. The zero-order valence-corrected chi connectivity index (χ0v) is 20.3. The Morgan fingerprint density at radius 2 is 1.39 bits per heavy atom. The fourth-order valence-corrected chi connectivity index (χ4v) is 2.27. The summed E-state index contributed by atoms with van der Waals surface area (Å²) in [7, 11) is 1.32. The van der Waals surface area contributed by atoms with Gasteiger partial charge in [-0.2, -0.15) is 0 Å². The first-order chi connectivity index (χ1) is 15.2. The van der Waals surface area contributed by atoms with Gasteiger partial charge in [-0.3, -0.25) is 0 Å². The van der Waals surface area contributed by atoms with Crippen LogP contribution in [-0.4, -0.2) is 12.2 Å². The SMILES string of the molecule is C=C(O)/C=C\C(=C)C(=C)/C(F)=C(/F)C(=C)C(C)CCC(C)C(=C)/C=C(/F)C(=C)OC.C=CC. The van der Waals surface area contributed by atoms with Gasteiger partial charge in [-0.1, -0.05) is 65.5 Å². The van der Waals surface area contributed by atoms with Crippen molar-refractivity contribution in [3.63, 3.8) is 0 Å². The zero-order valence-electron chi connectivity index (χ0n) is 20.3. The zero-order chi connectivity index (χ0) is 26.3. The Kier molecular flexibility index (Phi) is 15.9. The van der Waals surface area contributed by atoms with Crippen LogP contribution < -0.4 is 0 Å². The Bertz CT molecular complexity index is 870. The molecule has 0 rings (SSSR count). The monoisotopic (exact) mass is 462 g/mol. The summed E-state index contributed by atoms with van der Waals surface area (Å²) in [5.41, 5.74) is 0.366. The van der Waals surface area contributed by atoms with Gasteiger partial charge in [0.15, 0.2) is 17.5 Å². The molecular weight excluding hydrogens is 425 g/mol. The Morgan fingerprint density at radius 3 is 1.85 bits per heavy atom. The molecule has 5 heteroatoms. The van der Waals surface area contributed by atoms with Crippen LogP contribution in [0.2, 0.25) is 0 Å². The number of allylic oxidation sites excluding steroid dienone is 11.